The summed E-state index contributed by atoms with van der Waals surface area (Å²) in [6.07, 6.45) is 3.26. The first-order valence-electron chi connectivity index (χ1n) is 5.23. The molecule has 0 aliphatic rings. The van der Waals surface area contributed by atoms with Crippen LogP contribution in [0.1, 0.15) is 28.0 Å². The summed E-state index contributed by atoms with van der Waals surface area (Å²) in [6.45, 7) is 2.19. The number of nitrogens with zero attached hydrogens (tertiary/aromatic N) is 2. The van der Waals surface area contributed by atoms with Gasteiger partial charge in [-0.3, -0.25) is 0 Å². The fraction of sp³-hybridized carbons (Fsp3) is 0.333. The third-order valence-electron chi connectivity index (χ3n) is 2.17. The van der Waals surface area contributed by atoms with Gasteiger partial charge in [0.2, 0.25) is 0 Å². The van der Waals surface area contributed by atoms with Crippen molar-refractivity contribution in [1.29, 1.82) is 0 Å². The second-order valence-corrected chi connectivity index (χ2v) is 5.91. The van der Waals surface area contributed by atoms with Gasteiger partial charge in [-0.2, -0.15) is 0 Å². The van der Waals surface area contributed by atoms with E-state index >= 15 is 0 Å². The summed E-state index contributed by atoms with van der Waals surface area (Å²) in [6, 6.07) is 10.5. The summed E-state index contributed by atoms with van der Waals surface area (Å²) < 4.78 is 2.56. The summed E-state index contributed by atoms with van der Waals surface area (Å²) in [7, 11) is 0. The van der Waals surface area contributed by atoms with Crippen molar-refractivity contribution in [2.75, 3.05) is 0 Å². The molecule has 78 valence electrons. The van der Waals surface area contributed by atoms with E-state index in [1.165, 1.54) is 21.1 Å². The second-order valence-electron chi connectivity index (χ2n) is 3.50. The maximum atomic E-state index is 4.26. The molecule has 3 heteroatoms. The SMILES string of the molecule is CCCc1nnc(Cc2ccccc2)[se]1. The van der Waals surface area contributed by atoms with E-state index in [4.69, 9.17) is 0 Å². The van der Waals surface area contributed by atoms with Gasteiger partial charge in [0, 0.05) is 0 Å². The Morgan fingerprint density at radius 3 is 2.53 bits per heavy atom. The van der Waals surface area contributed by atoms with Gasteiger partial charge >= 0.3 is 95.9 Å². The van der Waals surface area contributed by atoms with Crippen LogP contribution in [0.4, 0.5) is 0 Å². The van der Waals surface area contributed by atoms with E-state index in [1.807, 2.05) is 6.07 Å². The number of benzene rings is 1. The summed E-state index contributed by atoms with van der Waals surface area (Å²) in [5.74, 6) is 0. The van der Waals surface area contributed by atoms with Crippen LogP contribution < -0.4 is 0 Å². The third-order valence-corrected chi connectivity index (χ3v) is 4.23. The minimum atomic E-state index is 0.409. The molecule has 1 heterocycles. The molecule has 2 rings (SSSR count). The molecule has 0 bridgehead atoms. The minimum absolute atomic E-state index is 0.409. The van der Waals surface area contributed by atoms with Crippen LogP contribution in [0.3, 0.4) is 0 Å². The first-order valence-corrected chi connectivity index (χ1v) is 6.95. The normalized spacial score (nSPS) is 10.5. The number of hydrogen-bond donors (Lipinski definition) is 0. The van der Waals surface area contributed by atoms with Crippen molar-refractivity contribution >= 4 is 14.5 Å². The molecule has 0 saturated carbocycles. The van der Waals surface area contributed by atoms with Crippen molar-refractivity contribution in [3.8, 4) is 0 Å². The predicted molar refractivity (Wildman–Crippen MR) is 62.2 cm³/mol. The second kappa shape index (κ2) is 5.24. The van der Waals surface area contributed by atoms with Gasteiger partial charge in [-0.15, -0.1) is 0 Å². The molecule has 0 saturated heterocycles. The van der Waals surface area contributed by atoms with Gasteiger partial charge in [-0.1, -0.05) is 0 Å². The van der Waals surface area contributed by atoms with Crippen LogP contribution >= 0.6 is 0 Å². The van der Waals surface area contributed by atoms with Crippen LogP contribution in [0.5, 0.6) is 0 Å². The molecule has 0 aliphatic heterocycles. The molecule has 0 aliphatic carbocycles. The molecule has 2 nitrogen and oxygen atoms in total. The third kappa shape index (κ3) is 3.01. The van der Waals surface area contributed by atoms with Crippen molar-refractivity contribution in [2.24, 2.45) is 0 Å². The number of hydrogen-bond acceptors (Lipinski definition) is 2. The molecule has 15 heavy (non-hydrogen) atoms. The van der Waals surface area contributed by atoms with Crippen LogP contribution in [-0.4, -0.2) is 24.7 Å². The Bertz CT molecular complexity index is 409. The van der Waals surface area contributed by atoms with E-state index in [1.54, 1.807) is 0 Å². The number of aromatic nitrogens is 2. The van der Waals surface area contributed by atoms with E-state index in [-0.39, 0.29) is 0 Å². The number of rotatable bonds is 4. The van der Waals surface area contributed by atoms with Gasteiger partial charge in [0.15, 0.2) is 0 Å². The zero-order valence-electron chi connectivity index (χ0n) is 8.81. The monoisotopic (exact) mass is 266 g/mol. The van der Waals surface area contributed by atoms with Crippen molar-refractivity contribution in [3.05, 3.63) is 45.0 Å². The molecule has 2 aromatic rings. The molecule has 0 amide bonds. The van der Waals surface area contributed by atoms with Gasteiger partial charge in [-0.05, 0) is 0 Å². The van der Waals surface area contributed by atoms with E-state index in [2.05, 4.69) is 41.4 Å². The molecule has 0 N–H and O–H groups in total. The van der Waals surface area contributed by atoms with Crippen molar-refractivity contribution in [1.82, 2.24) is 10.2 Å². The van der Waals surface area contributed by atoms with Gasteiger partial charge in [0.1, 0.15) is 0 Å². The van der Waals surface area contributed by atoms with Crippen molar-refractivity contribution in [2.45, 2.75) is 26.2 Å². The predicted octanol–water partition coefficient (Wildman–Crippen LogP) is 2.08. The standard InChI is InChI=1S/C12H14N2Se/c1-2-6-11-13-14-12(15-11)9-10-7-4-3-5-8-10/h3-5,7-8H,2,6,9H2,1H3. The molecule has 0 fully saturated rings. The van der Waals surface area contributed by atoms with Crippen LogP contribution in [0, 0.1) is 0 Å². The number of aryl methyl sites for hydroxylation is 1. The molecular formula is C12H14N2Se. The van der Waals surface area contributed by atoms with E-state index < -0.39 is 0 Å². The Hall–Kier alpha value is -0.921. The fourth-order valence-electron chi connectivity index (χ4n) is 1.45. The van der Waals surface area contributed by atoms with Crippen molar-refractivity contribution in [3.63, 3.8) is 0 Å². The molecular weight excluding hydrogens is 251 g/mol. The fourth-order valence-corrected chi connectivity index (χ4v) is 3.50. The first kappa shape index (κ1) is 10.6. The first-order chi connectivity index (χ1) is 7.38. The molecule has 1 aromatic heterocycles. The summed E-state index contributed by atoms with van der Waals surface area (Å²) in [4.78, 5) is 0. The van der Waals surface area contributed by atoms with Crippen molar-refractivity contribution < 1.29 is 0 Å². The van der Waals surface area contributed by atoms with Gasteiger partial charge in [0.05, 0.1) is 0 Å². The van der Waals surface area contributed by atoms with Gasteiger partial charge in [0.25, 0.3) is 0 Å². The zero-order valence-corrected chi connectivity index (χ0v) is 10.5. The Balaban J connectivity index is 2.05. The van der Waals surface area contributed by atoms with E-state index in [0.29, 0.717) is 14.5 Å². The van der Waals surface area contributed by atoms with E-state index in [0.717, 1.165) is 12.8 Å². The Kier molecular flexibility index (Phi) is 3.70. The summed E-state index contributed by atoms with van der Waals surface area (Å²) >= 11 is 0.409. The Morgan fingerprint density at radius 1 is 1.07 bits per heavy atom. The van der Waals surface area contributed by atoms with Gasteiger partial charge in [-0.25, -0.2) is 0 Å². The maximum absolute atomic E-state index is 4.26. The Labute approximate surface area is 96.1 Å². The average Bonchev–Trinajstić information content (AvgIpc) is 2.68. The Morgan fingerprint density at radius 2 is 1.80 bits per heavy atom. The molecule has 0 atom stereocenters. The summed E-state index contributed by atoms with van der Waals surface area (Å²) in [5.41, 5.74) is 1.34. The zero-order chi connectivity index (χ0) is 10.5. The topological polar surface area (TPSA) is 25.8 Å². The van der Waals surface area contributed by atoms with Crippen LogP contribution in [0.25, 0.3) is 0 Å². The average molecular weight is 265 g/mol. The van der Waals surface area contributed by atoms with Crippen LogP contribution in [0.15, 0.2) is 30.3 Å². The van der Waals surface area contributed by atoms with Crippen LogP contribution in [0.2, 0.25) is 0 Å². The summed E-state index contributed by atoms with van der Waals surface area (Å²) in [5, 5.41) is 8.50. The van der Waals surface area contributed by atoms with Gasteiger partial charge < -0.3 is 0 Å². The molecule has 0 radical (unpaired) electrons. The van der Waals surface area contributed by atoms with Crippen LogP contribution in [-0.2, 0) is 12.8 Å². The van der Waals surface area contributed by atoms with E-state index in [9.17, 15) is 0 Å². The molecule has 0 unspecified atom stereocenters. The molecule has 0 spiro atoms. The molecule has 1 aromatic carbocycles. The quantitative estimate of drug-likeness (QED) is 0.791.